The van der Waals surface area contributed by atoms with E-state index in [0.29, 0.717) is 18.1 Å². The highest BCUT2D eigenvalue weighted by Crippen LogP contribution is 2.17. The average molecular weight is 236 g/mol. The summed E-state index contributed by atoms with van der Waals surface area (Å²) < 4.78 is 0. The number of carbonyl (C=O) groups excluding carboxylic acids is 1. The molecule has 0 unspecified atom stereocenters. The highest BCUT2D eigenvalue weighted by molar-refractivity contribution is 5.92. The first-order valence-electron chi connectivity index (χ1n) is 5.76. The van der Waals surface area contributed by atoms with Crippen LogP contribution in [0.1, 0.15) is 37.7 Å². The maximum atomic E-state index is 11.8. The van der Waals surface area contributed by atoms with Gasteiger partial charge in [0.2, 0.25) is 0 Å². The molecule has 5 heteroatoms. The van der Waals surface area contributed by atoms with Crippen LogP contribution in [0.2, 0.25) is 0 Å². The highest BCUT2D eigenvalue weighted by atomic mass is 16.1. The minimum atomic E-state index is -0.179. The zero-order valence-electron chi connectivity index (χ0n) is 10.9. The number of anilines is 1. The van der Waals surface area contributed by atoms with Crippen molar-refractivity contribution in [1.29, 1.82) is 0 Å². The number of aromatic nitrogens is 2. The molecule has 1 amide bonds. The summed E-state index contributed by atoms with van der Waals surface area (Å²) in [6, 6.07) is 0. The molecular formula is C12H20N4O. The van der Waals surface area contributed by atoms with Gasteiger partial charge in [-0.1, -0.05) is 20.8 Å². The molecule has 0 aromatic carbocycles. The fourth-order valence-electron chi connectivity index (χ4n) is 1.11. The lowest BCUT2D eigenvalue weighted by Gasteiger charge is -2.22. The third kappa shape index (κ3) is 4.01. The summed E-state index contributed by atoms with van der Waals surface area (Å²) >= 11 is 0. The molecule has 0 aliphatic rings. The van der Waals surface area contributed by atoms with Crippen LogP contribution in [0.15, 0.2) is 12.4 Å². The van der Waals surface area contributed by atoms with Gasteiger partial charge in [0.25, 0.3) is 5.91 Å². The third-order valence-corrected chi connectivity index (χ3v) is 2.83. The molecule has 5 nitrogen and oxygen atoms in total. The van der Waals surface area contributed by atoms with Crippen molar-refractivity contribution in [2.24, 2.45) is 5.41 Å². The Balaban J connectivity index is 2.58. The quantitative estimate of drug-likeness (QED) is 0.816. The lowest BCUT2D eigenvalue weighted by molar-refractivity contribution is 0.0930. The van der Waals surface area contributed by atoms with Crippen LogP contribution in [0.4, 0.5) is 5.82 Å². The number of carbonyl (C=O) groups is 1. The second-order valence-corrected chi connectivity index (χ2v) is 4.74. The number of nitrogens with one attached hydrogen (secondary N) is 2. The number of rotatable bonds is 5. The van der Waals surface area contributed by atoms with Gasteiger partial charge in [-0.3, -0.25) is 4.79 Å². The topological polar surface area (TPSA) is 66.9 Å². The first-order valence-corrected chi connectivity index (χ1v) is 5.76. The van der Waals surface area contributed by atoms with E-state index >= 15 is 0 Å². The van der Waals surface area contributed by atoms with Crippen LogP contribution < -0.4 is 10.6 Å². The Morgan fingerprint density at radius 3 is 2.53 bits per heavy atom. The second-order valence-electron chi connectivity index (χ2n) is 4.74. The molecule has 2 N–H and O–H groups in total. The van der Waals surface area contributed by atoms with E-state index in [0.717, 1.165) is 6.42 Å². The Bertz CT molecular complexity index is 373. The van der Waals surface area contributed by atoms with Crippen LogP contribution >= 0.6 is 0 Å². The predicted octanol–water partition coefficient (Wildman–Crippen LogP) is 1.68. The van der Waals surface area contributed by atoms with Crippen molar-refractivity contribution in [2.75, 3.05) is 18.9 Å². The Morgan fingerprint density at radius 1 is 1.35 bits per heavy atom. The standard InChI is InChI=1S/C12H20N4O/c1-5-12(2,3)8-16-11(17)9-6-15-10(13-4)7-14-9/h6-7H,5,8H2,1-4H3,(H,13,15)(H,16,17). The molecule has 17 heavy (non-hydrogen) atoms. The van der Waals surface area contributed by atoms with Gasteiger partial charge in [0.1, 0.15) is 11.5 Å². The van der Waals surface area contributed by atoms with Gasteiger partial charge in [0, 0.05) is 13.6 Å². The fourth-order valence-corrected chi connectivity index (χ4v) is 1.11. The molecule has 0 aliphatic carbocycles. The van der Waals surface area contributed by atoms with Crippen LogP contribution in [0.3, 0.4) is 0 Å². The van der Waals surface area contributed by atoms with Crippen molar-refractivity contribution in [3.05, 3.63) is 18.1 Å². The van der Waals surface area contributed by atoms with Crippen molar-refractivity contribution >= 4 is 11.7 Å². The summed E-state index contributed by atoms with van der Waals surface area (Å²) in [7, 11) is 1.76. The van der Waals surface area contributed by atoms with Crippen LogP contribution in [-0.4, -0.2) is 29.5 Å². The smallest absolute Gasteiger partial charge is 0.271 e. The minimum Gasteiger partial charge on any atom is -0.372 e. The lowest BCUT2D eigenvalue weighted by Crippen LogP contribution is -2.34. The average Bonchev–Trinajstić information content (AvgIpc) is 2.36. The molecule has 1 aromatic rings. The van der Waals surface area contributed by atoms with E-state index in [4.69, 9.17) is 0 Å². The van der Waals surface area contributed by atoms with Crippen molar-refractivity contribution in [3.8, 4) is 0 Å². The molecule has 1 heterocycles. The van der Waals surface area contributed by atoms with Crippen molar-refractivity contribution in [3.63, 3.8) is 0 Å². The van der Waals surface area contributed by atoms with Crippen LogP contribution in [0, 0.1) is 5.41 Å². The fraction of sp³-hybridized carbons (Fsp3) is 0.583. The van der Waals surface area contributed by atoms with Gasteiger partial charge in [-0.25, -0.2) is 9.97 Å². The molecule has 0 bridgehead atoms. The maximum absolute atomic E-state index is 11.8. The molecule has 0 aliphatic heterocycles. The van der Waals surface area contributed by atoms with E-state index < -0.39 is 0 Å². The molecule has 1 aromatic heterocycles. The Hall–Kier alpha value is -1.65. The number of nitrogens with zero attached hydrogens (tertiary/aromatic N) is 2. The van der Waals surface area contributed by atoms with Gasteiger partial charge < -0.3 is 10.6 Å². The van der Waals surface area contributed by atoms with E-state index in [-0.39, 0.29) is 11.3 Å². The summed E-state index contributed by atoms with van der Waals surface area (Å²) in [6.07, 6.45) is 4.03. The summed E-state index contributed by atoms with van der Waals surface area (Å²) in [6.45, 7) is 6.97. The molecule has 0 radical (unpaired) electrons. The first-order chi connectivity index (χ1) is 7.98. The normalized spacial score (nSPS) is 11.1. The SMILES string of the molecule is CCC(C)(C)CNC(=O)c1cnc(NC)cn1. The van der Waals surface area contributed by atoms with Crippen molar-refractivity contribution < 1.29 is 4.79 Å². The number of hydrogen-bond acceptors (Lipinski definition) is 4. The van der Waals surface area contributed by atoms with E-state index in [1.165, 1.54) is 6.20 Å². The number of hydrogen-bond donors (Lipinski definition) is 2. The Morgan fingerprint density at radius 2 is 2.06 bits per heavy atom. The Kier molecular flexibility index (Phi) is 4.43. The summed E-state index contributed by atoms with van der Waals surface area (Å²) in [5.41, 5.74) is 0.449. The van der Waals surface area contributed by atoms with Gasteiger partial charge in [0.05, 0.1) is 12.4 Å². The Labute approximate surface area is 102 Å². The predicted molar refractivity (Wildman–Crippen MR) is 68.0 cm³/mol. The van der Waals surface area contributed by atoms with Crippen molar-refractivity contribution in [1.82, 2.24) is 15.3 Å². The van der Waals surface area contributed by atoms with E-state index in [1.807, 2.05) is 0 Å². The van der Waals surface area contributed by atoms with Crippen LogP contribution in [0.25, 0.3) is 0 Å². The minimum absolute atomic E-state index is 0.105. The van der Waals surface area contributed by atoms with Gasteiger partial charge in [-0.2, -0.15) is 0 Å². The summed E-state index contributed by atoms with van der Waals surface area (Å²) in [5.74, 6) is 0.470. The summed E-state index contributed by atoms with van der Waals surface area (Å²) in [4.78, 5) is 19.9. The first kappa shape index (κ1) is 13.4. The highest BCUT2D eigenvalue weighted by Gasteiger charge is 2.17. The maximum Gasteiger partial charge on any atom is 0.271 e. The molecule has 1 rings (SSSR count). The van der Waals surface area contributed by atoms with Crippen molar-refractivity contribution in [2.45, 2.75) is 27.2 Å². The van der Waals surface area contributed by atoms with E-state index in [9.17, 15) is 4.79 Å². The van der Waals surface area contributed by atoms with Crippen LogP contribution in [-0.2, 0) is 0 Å². The third-order valence-electron chi connectivity index (χ3n) is 2.83. The summed E-state index contributed by atoms with van der Waals surface area (Å²) in [5, 5.41) is 5.72. The van der Waals surface area contributed by atoms with E-state index in [1.54, 1.807) is 13.2 Å². The van der Waals surface area contributed by atoms with Crippen LogP contribution in [0.5, 0.6) is 0 Å². The van der Waals surface area contributed by atoms with E-state index in [2.05, 4.69) is 41.4 Å². The second kappa shape index (κ2) is 5.61. The molecule has 0 saturated heterocycles. The van der Waals surface area contributed by atoms with Gasteiger partial charge in [0.15, 0.2) is 0 Å². The molecular weight excluding hydrogens is 216 g/mol. The molecule has 0 atom stereocenters. The molecule has 94 valence electrons. The molecule has 0 saturated carbocycles. The zero-order valence-corrected chi connectivity index (χ0v) is 10.9. The largest absolute Gasteiger partial charge is 0.372 e. The van der Waals surface area contributed by atoms with Gasteiger partial charge in [-0.05, 0) is 11.8 Å². The monoisotopic (exact) mass is 236 g/mol. The zero-order chi connectivity index (χ0) is 12.9. The molecule has 0 fully saturated rings. The lowest BCUT2D eigenvalue weighted by atomic mass is 9.90. The van der Waals surface area contributed by atoms with Gasteiger partial charge in [-0.15, -0.1) is 0 Å². The molecule has 0 spiro atoms. The van der Waals surface area contributed by atoms with Gasteiger partial charge >= 0.3 is 0 Å². The number of amides is 1.